The number of para-hydroxylation sites is 1. The van der Waals surface area contributed by atoms with E-state index in [0.29, 0.717) is 18.8 Å². The maximum atomic E-state index is 12.2. The number of ether oxygens (including phenoxy) is 7. The summed E-state index contributed by atoms with van der Waals surface area (Å²) in [5.74, 6) is -1.62. The molecule has 1 aliphatic rings. The van der Waals surface area contributed by atoms with E-state index in [1.165, 1.54) is 13.8 Å². The van der Waals surface area contributed by atoms with Crippen molar-refractivity contribution < 1.29 is 52.3 Å². The van der Waals surface area contributed by atoms with E-state index in [4.69, 9.17) is 33.2 Å². The summed E-state index contributed by atoms with van der Waals surface area (Å²) in [4.78, 5) is 47.9. The van der Waals surface area contributed by atoms with Crippen molar-refractivity contribution in [1.82, 2.24) is 0 Å². The zero-order valence-electron chi connectivity index (χ0n) is 25.5. The van der Waals surface area contributed by atoms with Crippen molar-refractivity contribution in [1.29, 1.82) is 0 Å². The predicted octanol–water partition coefficient (Wildman–Crippen LogP) is 4.32. The molecule has 4 rings (SSSR count). The number of carbonyl (C=O) groups excluding carboxylic acids is 4. The second-order valence-electron chi connectivity index (χ2n) is 10.4. The van der Waals surface area contributed by atoms with Crippen LogP contribution in [0.2, 0.25) is 0 Å². The maximum Gasteiger partial charge on any atom is 0.303 e. The predicted molar refractivity (Wildman–Crippen MR) is 159 cm³/mol. The van der Waals surface area contributed by atoms with E-state index in [9.17, 15) is 19.2 Å². The summed E-state index contributed by atoms with van der Waals surface area (Å²) >= 11 is 0. The van der Waals surface area contributed by atoms with E-state index in [-0.39, 0.29) is 6.61 Å². The van der Waals surface area contributed by atoms with E-state index >= 15 is 0 Å². The first-order chi connectivity index (χ1) is 21.6. The third-order valence-electron chi connectivity index (χ3n) is 6.73. The molecular weight excluding hydrogens is 584 g/mol. The van der Waals surface area contributed by atoms with Gasteiger partial charge in [-0.15, -0.1) is 0 Å². The third kappa shape index (κ3) is 9.80. The molecule has 1 fully saturated rings. The van der Waals surface area contributed by atoms with Crippen molar-refractivity contribution in [2.24, 2.45) is 0 Å². The Morgan fingerprint density at radius 1 is 0.644 bits per heavy atom. The molecule has 0 aromatic heterocycles. The van der Waals surface area contributed by atoms with Crippen LogP contribution in [0.5, 0.6) is 11.5 Å². The molecule has 0 bridgehead atoms. The molecule has 11 nitrogen and oxygen atoms in total. The summed E-state index contributed by atoms with van der Waals surface area (Å²) in [6.45, 7) is 4.81. The molecule has 0 amide bonds. The second kappa shape index (κ2) is 15.7. The molecule has 0 spiro atoms. The van der Waals surface area contributed by atoms with Gasteiger partial charge in [0.05, 0.1) is 0 Å². The van der Waals surface area contributed by atoms with Gasteiger partial charge in [-0.05, 0) is 34.9 Å². The van der Waals surface area contributed by atoms with Crippen molar-refractivity contribution >= 4 is 23.9 Å². The first-order valence-electron chi connectivity index (χ1n) is 14.4. The van der Waals surface area contributed by atoms with Gasteiger partial charge in [-0.25, -0.2) is 0 Å². The minimum atomic E-state index is -1.33. The quantitative estimate of drug-likeness (QED) is 0.212. The van der Waals surface area contributed by atoms with Gasteiger partial charge in [0.25, 0.3) is 0 Å². The summed E-state index contributed by atoms with van der Waals surface area (Å²) < 4.78 is 39.9. The molecule has 3 aromatic rings. The normalized spacial score (nSPS) is 20.8. The SMILES string of the molecule is CC(=O)OC[C@H]1OC(Oc2ccccc2Cc2ccc(OCc3ccccc3)cc2)[C@H](OC(C)=O)[C@@H](OC(C)=O)[C@@H]1OC(C)=O. The number of benzene rings is 3. The summed E-state index contributed by atoms with van der Waals surface area (Å²) in [5, 5.41) is 0. The van der Waals surface area contributed by atoms with Gasteiger partial charge in [0.1, 0.15) is 30.8 Å². The van der Waals surface area contributed by atoms with Crippen LogP contribution in [0.1, 0.15) is 44.4 Å². The lowest BCUT2D eigenvalue weighted by Crippen LogP contribution is -2.63. The van der Waals surface area contributed by atoms with Gasteiger partial charge in [0.15, 0.2) is 12.2 Å². The summed E-state index contributed by atoms with van der Waals surface area (Å²) in [6.07, 6.45) is -5.91. The molecule has 1 aliphatic heterocycles. The molecule has 0 aliphatic carbocycles. The number of rotatable bonds is 12. The van der Waals surface area contributed by atoms with Crippen LogP contribution in [0.4, 0.5) is 0 Å². The minimum absolute atomic E-state index is 0.349. The number of hydrogen-bond donors (Lipinski definition) is 0. The van der Waals surface area contributed by atoms with Crippen LogP contribution in [-0.4, -0.2) is 61.2 Å². The summed E-state index contributed by atoms with van der Waals surface area (Å²) in [6, 6.07) is 24.8. The molecule has 45 heavy (non-hydrogen) atoms. The van der Waals surface area contributed by atoms with Crippen molar-refractivity contribution in [2.45, 2.75) is 71.4 Å². The van der Waals surface area contributed by atoms with Gasteiger partial charge in [0.2, 0.25) is 12.4 Å². The molecule has 0 radical (unpaired) electrons. The fourth-order valence-corrected chi connectivity index (χ4v) is 4.84. The van der Waals surface area contributed by atoms with Crippen LogP contribution < -0.4 is 9.47 Å². The lowest BCUT2D eigenvalue weighted by atomic mass is 9.98. The Morgan fingerprint density at radius 3 is 1.89 bits per heavy atom. The van der Waals surface area contributed by atoms with Gasteiger partial charge in [-0.2, -0.15) is 0 Å². The van der Waals surface area contributed by atoms with Crippen LogP contribution >= 0.6 is 0 Å². The number of esters is 4. The van der Waals surface area contributed by atoms with Crippen molar-refractivity contribution in [3.63, 3.8) is 0 Å². The Bertz CT molecular complexity index is 1450. The van der Waals surface area contributed by atoms with Crippen LogP contribution in [0.25, 0.3) is 0 Å². The fourth-order valence-electron chi connectivity index (χ4n) is 4.84. The third-order valence-corrected chi connectivity index (χ3v) is 6.73. The highest BCUT2D eigenvalue weighted by atomic mass is 16.7. The molecule has 238 valence electrons. The number of carbonyl (C=O) groups is 4. The van der Waals surface area contributed by atoms with Crippen molar-refractivity contribution in [3.8, 4) is 11.5 Å². The van der Waals surface area contributed by atoms with Crippen LogP contribution in [0.3, 0.4) is 0 Å². The highest BCUT2D eigenvalue weighted by Crippen LogP contribution is 2.32. The molecule has 5 atom stereocenters. The van der Waals surface area contributed by atoms with Gasteiger partial charge >= 0.3 is 23.9 Å². The van der Waals surface area contributed by atoms with Crippen LogP contribution in [0.15, 0.2) is 78.9 Å². The summed E-state index contributed by atoms with van der Waals surface area (Å²) in [7, 11) is 0. The second-order valence-corrected chi connectivity index (χ2v) is 10.4. The smallest absolute Gasteiger partial charge is 0.303 e. The van der Waals surface area contributed by atoms with E-state index in [2.05, 4.69) is 0 Å². The van der Waals surface area contributed by atoms with Crippen molar-refractivity contribution in [3.05, 3.63) is 95.6 Å². The average Bonchev–Trinajstić information content (AvgIpc) is 2.99. The molecule has 1 heterocycles. The van der Waals surface area contributed by atoms with E-state index in [1.807, 2.05) is 66.7 Å². The molecule has 1 saturated heterocycles. The average molecular weight is 621 g/mol. The van der Waals surface area contributed by atoms with Gasteiger partial charge in [0, 0.05) is 34.1 Å². The fraction of sp³-hybridized carbons (Fsp3) is 0.353. The standard InChI is InChI=1S/C34H36O11/c1-21(35)39-20-30-31(41-22(2)36)32(42-23(3)37)33(43-24(4)38)34(45-30)44-29-13-9-8-12-27(29)18-25-14-16-28(17-15-25)40-19-26-10-6-5-7-11-26/h5-17,30-34H,18-20H2,1-4H3/t30-,31-,32+,33-,34?/m1/s1. The Morgan fingerprint density at radius 2 is 1.24 bits per heavy atom. The van der Waals surface area contributed by atoms with E-state index < -0.39 is 54.6 Å². The number of hydrogen-bond acceptors (Lipinski definition) is 11. The van der Waals surface area contributed by atoms with Crippen LogP contribution in [0, 0.1) is 0 Å². The highest BCUT2D eigenvalue weighted by Gasteiger charge is 2.53. The van der Waals surface area contributed by atoms with E-state index in [0.717, 1.165) is 36.3 Å². The lowest BCUT2D eigenvalue weighted by Gasteiger charge is -2.44. The largest absolute Gasteiger partial charge is 0.489 e. The zero-order chi connectivity index (χ0) is 32.3. The van der Waals surface area contributed by atoms with Crippen LogP contribution in [-0.2, 0) is 55.9 Å². The highest BCUT2D eigenvalue weighted by molar-refractivity contribution is 5.68. The van der Waals surface area contributed by atoms with Gasteiger partial charge in [-0.3, -0.25) is 19.2 Å². The van der Waals surface area contributed by atoms with Gasteiger partial charge in [-0.1, -0.05) is 60.7 Å². The maximum absolute atomic E-state index is 12.2. The van der Waals surface area contributed by atoms with E-state index in [1.54, 1.807) is 12.1 Å². The Kier molecular flexibility index (Phi) is 11.5. The van der Waals surface area contributed by atoms with Gasteiger partial charge < -0.3 is 33.2 Å². The Balaban J connectivity index is 1.57. The molecule has 11 heteroatoms. The molecule has 0 N–H and O–H groups in total. The molecule has 3 aromatic carbocycles. The first kappa shape index (κ1) is 33.0. The topological polar surface area (TPSA) is 133 Å². The minimum Gasteiger partial charge on any atom is -0.489 e. The first-order valence-corrected chi connectivity index (χ1v) is 14.4. The lowest BCUT2D eigenvalue weighted by molar-refractivity contribution is -0.288. The monoisotopic (exact) mass is 620 g/mol. The molecule has 1 unspecified atom stereocenters. The Hall–Kier alpha value is -4.90. The Labute approximate surface area is 261 Å². The molecule has 0 saturated carbocycles. The molecular formula is C34H36O11. The zero-order valence-corrected chi connectivity index (χ0v) is 25.5. The van der Waals surface area contributed by atoms with Crippen molar-refractivity contribution in [2.75, 3.05) is 6.61 Å². The summed E-state index contributed by atoms with van der Waals surface area (Å²) in [5.41, 5.74) is 2.82.